The summed E-state index contributed by atoms with van der Waals surface area (Å²) in [6.07, 6.45) is 2.26. The highest BCUT2D eigenvalue weighted by Crippen LogP contribution is 2.26. The van der Waals surface area contributed by atoms with Crippen molar-refractivity contribution >= 4 is 39.5 Å². The summed E-state index contributed by atoms with van der Waals surface area (Å²) >= 11 is 1.38. The molecule has 2 aromatic carbocycles. The van der Waals surface area contributed by atoms with Crippen LogP contribution in [-0.2, 0) is 6.54 Å². The molecule has 0 amide bonds. The summed E-state index contributed by atoms with van der Waals surface area (Å²) in [5.74, 6) is 1.08. The molecule has 140 valence electrons. The first-order chi connectivity index (χ1) is 13.7. The number of rotatable bonds is 7. The lowest BCUT2D eigenvalue weighted by Gasteiger charge is -2.00. The number of carbonyl (C=O) groups is 1. The molecule has 0 unspecified atom stereocenters. The highest BCUT2D eigenvalue weighted by atomic mass is 32.2. The molecule has 1 N–H and O–H groups in total. The minimum absolute atomic E-state index is 0.0370. The standard InChI is InChI=1S/C21H18N4O2S/c1-27-14-7-8-17-18(11-14)24-21(23-17)28-13-20(26)16-12-25(10-4-9-22)19-6-3-2-5-15(16)19/h2-3,5-8,11-12H,4,10,13H2,1H3,(H,23,24). The van der Waals surface area contributed by atoms with Crippen LogP contribution >= 0.6 is 11.8 Å². The molecular weight excluding hydrogens is 372 g/mol. The molecule has 0 saturated carbocycles. The summed E-state index contributed by atoms with van der Waals surface area (Å²) in [5.41, 5.74) is 3.37. The molecule has 7 heteroatoms. The largest absolute Gasteiger partial charge is 0.497 e. The number of ether oxygens (including phenoxy) is 1. The van der Waals surface area contributed by atoms with E-state index in [4.69, 9.17) is 10.00 Å². The Kier molecular flexibility index (Phi) is 5.04. The Morgan fingerprint density at radius 3 is 3.00 bits per heavy atom. The second-order valence-corrected chi connectivity index (χ2v) is 7.26. The summed E-state index contributed by atoms with van der Waals surface area (Å²) in [6, 6.07) is 15.6. The fraction of sp³-hybridized carbons (Fsp3) is 0.190. The minimum Gasteiger partial charge on any atom is -0.497 e. The lowest BCUT2D eigenvalue weighted by Crippen LogP contribution is -2.02. The molecule has 0 bridgehead atoms. The molecule has 0 radical (unpaired) electrons. The molecule has 0 aliphatic heterocycles. The number of ketones is 1. The third-order valence-corrected chi connectivity index (χ3v) is 5.43. The third kappa shape index (κ3) is 3.47. The van der Waals surface area contributed by atoms with Gasteiger partial charge in [-0.1, -0.05) is 30.0 Å². The number of methoxy groups -OCH3 is 1. The van der Waals surface area contributed by atoms with Crippen LogP contribution in [0.3, 0.4) is 0 Å². The molecule has 2 aromatic heterocycles. The van der Waals surface area contributed by atoms with Crippen molar-refractivity contribution in [3.05, 3.63) is 54.2 Å². The van der Waals surface area contributed by atoms with E-state index in [1.807, 2.05) is 53.2 Å². The van der Waals surface area contributed by atoms with E-state index in [0.29, 0.717) is 23.7 Å². The number of aryl methyl sites for hydroxylation is 1. The van der Waals surface area contributed by atoms with Gasteiger partial charge in [0.05, 0.1) is 36.4 Å². The van der Waals surface area contributed by atoms with Gasteiger partial charge in [0.2, 0.25) is 0 Å². The zero-order valence-electron chi connectivity index (χ0n) is 15.3. The molecule has 4 rings (SSSR count). The zero-order valence-corrected chi connectivity index (χ0v) is 16.1. The minimum atomic E-state index is 0.0370. The average Bonchev–Trinajstić information content (AvgIpc) is 3.31. The number of nitriles is 1. The van der Waals surface area contributed by atoms with Crippen molar-refractivity contribution in [2.24, 2.45) is 0 Å². The van der Waals surface area contributed by atoms with Gasteiger partial charge in [-0.05, 0) is 18.2 Å². The Labute approximate surface area is 166 Å². The van der Waals surface area contributed by atoms with Crippen molar-refractivity contribution < 1.29 is 9.53 Å². The second-order valence-electron chi connectivity index (χ2n) is 6.30. The van der Waals surface area contributed by atoms with Crippen LogP contribution in [0.2, 0.25) is 0 Å². The molecule has 28 heavy (non-hydrogen) atoms. The van der Waals surface area contributed by atoms with Gasteiger partial charge in [0.1, 0.15) is 5.75 Å². The van der Waals surface area contributed by atoms with E-state index >= 15 is 0 Å². The number of aromatic amines is 1. The van der Waals surface area contributed by atoms with Crippen LogP contribution in [0.4, 0.5) is 0 Å². The van der Waals surface area contributed by atoms with Gasteiger partial charge in [0, 0.05) is 35.3 Å². The molecule has 4 aromatic rings. The van der Waals surface area contributed by atoms with Crippen LogP contribution in [0, 0.1) is 11.3 Å². The lowest BCUT2D eigenvalue weighted by atomic mass is 10.1. The Morgan fingerprint density at radius 1 is 1.32 bits per heavy atom. The molecular formula is C21H18N4O2S. The normalized spacial score (nSPS) is 11.0. The van der Waals surface area contributed by atoms with Crippen LogP contribution in [0.25, 0.3) is 21.9 Å². The van der Waals surface area contributed by atoms with Crippen molar-refractivity contribution in [2.75, 3.05) is 12.9 Å². The zero-order chi connectivity index (χ0) is 19.5. The maximum Gasteiger partial charge on any atom is 0.175 e. The summed E-state index contributed by atoms with van der Waals surface area (Å²) in [5, 5.41) is 10.5. The van der Waals surface area contributed by atoms with Gasteiger partial charge in [-0.3, -0.25) is 4.79 Å². The number of hydrogen-bond donors (Lipinski definition) is 1. The van der Waals surface area contributed by atoms with Gasteiger partial charge < -0.3 is 14.3 Å². The predicted molar refractivity (Wildman–Crippen MR) is 110 cm³/mol. The van der Waals surface area contributed by atoms with Crippen molar-refractivity contribution in [3.8, 4) is 11.8 Å². The summed E-state index contributed by atoms with van der Waals surface area (Å²) in [7, 11) is 1.62. The second kappa shape index (κ2) is 7.79. The molecule has 0 aliphatic rings. The van der Waals surface area contributed by atoms with Crippen molar-refractivity contribution in [1.29, 1.82) is 5.26 Å². The van der Waals surface area contributed by atoms with E-state index in [1.165, 1.54) is 11.8 Å². The van der Waals surface area contributed by atoms with E-state index in [1.54, 1.807) is 7.11 Å². The number of thioether (sulfide) groups is 1. The van der Waals surface area contributed by atoms with Crippen LogP contribution in [-0.4, -0.2) is 33.2 Å². The van der Waals surface area contributed by atoms with E-state index < -0.39 is 0 Å². The van der Waals surface area contributed by atoms with E-state index in [-0.39, 0.29) is 11.5 Å². The quantitative estimate of drug-likeness (QED) is 0.373. The Bertz CT molecular complexity index is 1200. The van der Waals surface area contributed by atoms with Gasteiger partial charge in [0.15, 0.2) is 10.9 Å². The summed E-state index contributed by atoms with van der Waals surface area (Å²) < 4.78 is 7.20. The van der Waals surface area contributed by atoms with Crippen LogP contribution in [0.1, 0.15) is 16.8 Å². The first-order valence-corrected chi connectivity index (χ1v) is 9.82. The number of aromatic nitrogens is 3. The number of fused-ring (bicyclic) bond motifs is 2. The van der Waals surface area contributed by atoms with Gasteiger partial charge >= 0.3 is 0 Å². The molecule has 0 fully saturated rings. The highest BCUT2D eigenvalue weighted by molar-refractivity contribution is 7.99. The van der Waals surface area contributed by atoms with Crippen LogP contribution in [0.5, 0.6) is 5.75 Å². The fourth-order valence-corrected chi connectivity index (χ4v) is 3.97. The lowest BCUT2D eigenvalue weighted by molar-refractivity contribution is 0.102. The number of hydrogen-bond acceptors (Lipinski definition) is 5. The van der Waals surface area contributed by atoms with Crippen molar-refractivity contribution in [3.63, 3.8) is 0 Å². The number of carbonyl (C=O) groups excluding carboxylic acids is 1. The number of nitrogens with one attached hydrogen (secondary N) is 1. The third-order valence-electron chi connectivity index (χ3n) is 4.56. The SMILES string of the molecule is COc1ccc2nc(SCC(=O)c3cn(CCC#N)c4ccccc34)[nH]c2c1. The van der Waals surface area contributed by atoms with Gasteiger partial charge in [-0.15, -0.1) is 0 Å². The number of benzene rings is 2. The first-order valence-electron chi connectivity index (χ1n) is 8.84. The summed E-state index contributed by atoms with van der Waals surface area (Å²) in [6.45, 7) is 0.572. The summed E-state index contributed by atoms with van der Waals surface area (Å²) in [4.78, 5) is 20.6. The number of para-hydroxylation sites is 1. The average molecular weight is 390 g/mol. The predicted octanol–water partition coefficient (Wildman–Crippen LogP) is 4.41. The molecule has 0 aliphatic carbocycles. The van der Waals surface area contributed by atoms with E-state index in [0.717, 1.165) is 27.7 Å². The van der Waals surface area contributed by atoms with Gasteiger partial charge in [0.25, 0.3) is 0 Å². The van der Waals surface area contributed by atoms with Crippen LogP contribution < -0.4 is 4.74 Å². The highest BCUT2D eigenvalue weighted by Gasteiger charge is 2.16. The fourth-order valence-electron chi connectivity index (χ4n) is 3.20. The number of imidazole rings is 1. The Hall–Kier alpha value is -3.24. The van der Waals surface area contributed by atoms with Crippen LogP contribution in [0.15, 0.2) is 53.8 Å². The Morgan fingerprint density at radius 2 is 2.18 bits per heavy atom. The molecule has 0 spiro atoms. The van der Waals surface area contributed by atoms with Gasteiger partial charge in [-0.25, -0.2) is 4.98 Å². The van der Waals surface area contributed by atoms with E-state index in [9.17, 15) is 4.79 Å². The maximum atomic E-state index is 12.9. The maximum absolute atomic E-state index is 12.9. The monoisotopic (exact) mass is 390 g/mol. The molecule has 0 atom stereocenters. The van der Waals surface area contributed by atoms with Crippen molar-refractivity contribution in [1.82, 2.24) is 14.5 Å². The smallest absolute Gasteiger partial charge is 0.175 e. The Balaban J connectivity index is 1.55. The molecule has 2 heterocycles. The van der Waals surface area contributed by atoms with Gasteiger partial charge in [-0.2, -0.15) is 5.26 Å². The topological polar surface area (TPSA) is 83.7 Å². The van der Waals surface area contributed by atoms with Crippen molar-refractivity contribution in [2.45, 2.75) is 18.1 Å². The molecule has 0 saturated heterocycles. The molecule has 6 nitrogen and oxygen atoms in total. The first kappa shape index (κ1) is 18.1. The number of Topliss-reactive ketones (excluding diaryl/α,β-unsaturated/α-hetero) is 1. The van der Waals surface area contributed by atoms with E-state index in [2.05, 4.69) is 16.0 Å². The number of H-pyrrole nitrogens is 1. The number of nitrogens with zero attached hydrogens (tertiary/aromatic N) is 3.